The zero-order chi connectivity index (χ0) is 15.9. The van der Waals surface area contributed by atoms with Crippen molar-refractivity contribution in [2.24, 2.45) is 5.10 Å². The Bertz CT molecular complexity index is 664. The first-order valence-electron chi connectivity index (χ1n) is 7.60. The number of hydrogen-bond acceptors (Lipinski definition) is 4. The van der Waals surface area contributed by atoms with E-state index in [-0.39, 0.29) is 6.10 Å². The van der Waals surface area contributed by atoms with Crippen LogP contribution in [-0.4, -0.2) is 40.4 Å². The fourth-order valence-electron chi connectivity index (χ4n) is 2.34. The Kier molecular flexibility index (Phi) is 5.33. The fourth-order valence-corrected chi connectivity index (χ4v) is 2.48. The lowest BCUT2D eigenvalue weighted by atomic mass is 10.2. The topological polar surface area (TPSA) is 63.5 Å². The molecule has 7 heteroatoms. The van der Waals surface area contributed by atoms with Crippen molar-refractivity contribution in [1.82, 2.24) is 20.5 Å². The SMILES string of the molecule is S=C(NC[C@H]1CCCO1)N/N=C\c1cnn(-c2ccccc2)c1. The number of rotatable bonds is 5. The normalized spacial score (nSPS) is 17.5. The second-order valence-electron chi connectivity index (χ2n) is 5.27. The van der Waals surface area contributed by atoms with Gasteiger partial charge in [-0.05, 0) is 37.2 Å². The van der Waals surface area contributed by atoms with Crippen molar-refractivity contribution in [2.45, 2.75) is 18.9 Å². The van der Waals surface area contributed by atoms with Crippen molar-refractivity contribution in [1.29, 1.82) is 0 Å². The molecule has 2 N–H and O–H groups in total. The van der Waals surface area contributed by atoms with Crippen LogP contribution in [0.15, 0.2) is 47.8 Å². The van der Waals surface area contributed by atoms with E-state index < -0.39 is 0 Å². The summed E-state index contributed by atoms with van der Waals surface area (Å²) >= 11 is 5.17. The number of hydrogen-bond donors (Lipinski definition) is 2. The highest BCUT2D eigenvalue weighted by atomic mass is 32.1. The lowest BCUT2D eigenvalue weighted by molar-refractivity contribution is 0.114. The number of aromatic nitrogens is 2. The van der Waals surface area contributed by atoms with Crippen molar-refractivity contribution in [3.8, 4) is 5.69 Å². The Morgan fingerprint density at radius 2 is 2.30 bits per heavy atom. The molecule has 6 nitrogen and oxygen atoms in total. The Hall–Kier alpha value is -2.25. The minimum Gasteiger partial charge on any atom is -0.376 e. The third-order valence-electron chi connectivity index (χ3n) is 3.52. The monoisotopic (exact) mass is 329 g/mol. The summed E-state index contributed by atoms with van der Waals surface area (Å²) < 4.78 is 7.32. The molecule has 120 valence electrons. The molecule has 0 bridgehead atoms. The van der Waals surface area contributed by atoms with E-state index in [1.54, 1.807) is 17.1 Å². The van der Waals surface area contributed by atoms with E-state index in [0.717, 1.165) is 30.7 Å². The molecule has 3 rings (SSSR count). The standard InChI is InChI=1S/C16H19N5OS/c23-16(17-11-15-7-4-8-22-15)20-18-9-13-10-19-21(12-13)14-5-2-1-3-6-14/h1-3,5-6,9-10,12,15H,4,7-8,11H2,(H2,17,20,23)/b18-9-/t15-/m1/s1. The Balaban J connectivity index is 1.46. The number of benzene rings is 1. The molecule has 1 fully saturated rings. The summed E-state index contributed by atoms with van der Waals surface area (Å²) in [6, 6.07) is 9.92. The predicted molar refractivity (Wildman–Crippen MR) is 93.9 cm³/mol. The average molecular weight is 329 g/mol. The summed E-state index contributed by atoms with van der Waals surface area (Å²) in [6.07, 6.45) is 7.80. The van der Waals surface area contributed by atoms with Crippen molar-refractivity contribution in [2.75, 3.05) is 13.2 Å². The van der Waals surface area contributed by atoms with Crippen LogP contribution in [0.25, 0.3) is 5.69 Å². The van der Waals surface area contributed by atoms with Crippen LogP contribution in [0.2, 0.25) is 0 Å². The molecule has 0 saturated carbocycles. The third kappa shape index (κ3) is 4.61. The summed E-state index contributed by atoms with van der Waals surface area (Å²) in [5, 5.41) is 12.0. The van der Waals surface area contributed by atoms with E-state index in [2.05, 4.69) is 20.9 Å². The van der Waals surface area contributed by atoms with Gasteiger partial charge < -0.3 is 10.1 Å². The quantitative estimate of drug-likeness (QED) is 0.498. The van der Waals surface area contributed by atoms with Gasteiger partial charge in [0.15, 0.2) is 5.11 Å². The maximum Gasteiger partial charge on any atom is 0.187 e. The van der Waals surface area contributed by atoms with Crippen LogP contribution in [-0.2, 0) is 4.74 Å². The summed E-state index contributed by atoms with van der Waals surface area (Å²) in [7, 11) is 0. The van der Waals surface area contributed by atoms with Gasteiger partial charge in [-0.25, -0.2) is 4.68 Å². The maximum absolute atomic E-state index is 5.52. The minimum absolute atomic E-state index is 0.253. The van der Waals surface area contributed by atoms with Crippen molar-refractivity contribution < 1.29 is 4.74 Å². The summed E-state index contributed by atoms with van der Waals surface area (Å²) in [5.74, 6) is 0. The molecule has 2 aromatic rings. The number of ether oxygens (including phenoxy) is 1. The summed E-state index contributed by atoms with van der Waals surface area (Å²) in [5.41, 5.74) is 4.70. The first kappa shape index (κ1) is 15.6. The number of nitrogens with zero attached hydrogens (tertiary/aromatic N) is 3. The predicted octanol–water partition coefficient (Wildman–Crippen LogP) is 1.85. The second kappa shape index (κ2) is 7.85. The van der Waals surface area contributed by atoms with Gasteiger partial charge in [0.25, 0.3) is 0 Å². The van der Waals surface area contributed by atoms with Crippen LogP contribution in [0.1, 0.15) is 18.4 Å². The van der Waals surface area contributed by atoms with E-state index >= 15 is 0 Å². The van der Waals surface area contributed by atoms with Crippen LogP contribution in [0.5, 0.6) is 0 Å². The third-order valence-corrected chi connectivity index (χ3v) is 3.75. The van der Waals surface area contributed by atoms with Gasteiger partial charge in [-0.1, -0.05) is 18.2 Å². The number of hydrazone groups is 1. The zero-order valence-electron chi connectivity index (χ0n) is 12.7. The molecule has 0 unspecified atom stereocenters. The average Bonchev–Trinajstić information content (AvgIpc) is 3.26. The van der Waals surface area contributed by atoms with Gasteiger partial charge in [0, 0.05) is 24.9 Å². The van der Waals surface area contributed by atoms with Gasteiger partial charge >= 0.3 is 0 Å². The molecule has 23 heavy (non-hydrogen) atoms. The van der Waals surface area contributed by atoms with Gasteiger partial charge in [0.05, 0.1) is 24.2 Å². The van der Waals surface area contributed by atoms with Crippen LogP contribution < -0.4 is 10.7 Å². The lowest BCUT2D eigenvalue weighted by Crippen LogP contribution is -2.37. The molecular formula is C16H19N5OS. The Morgan fingerprint density at radius 1 is 1.43 bits per heavy atom. The largest absolute Gasteiger partial charge is 0.376 e. The fraction of sp³-hybridized carbons (Fsp3) is 0.312. The molecule has 0 radical (unpaired) electrons. The van der Waals surface area contributed by atoms with Gasteiger partial charge in [-0.15, -0.1) is 0 Å². The van der Waals surface area contributed by atoms with E-state index in [0.29, 0.717) is 11.7 Å². The highest BCUT2D eigenvalue weighted by Gasteiger charge is 2.14. The van der Waals surface area contributed by atoms with Crippen molar-refractivity contribution >= 4 is 23.5 Å². The van der Waals surface area contributed by atoms with Crippen LogP contribution >= 0.6 is 12.2 Å². The first-order valence-corrected chi connectivity index (χ1v) is 8.01. The van der Waals surface area contributed by atoms with E-state index in [9.17, 15) is 0 Å². The molecule has 0 amide bonds. The lowest BCUT2D eigenvalue weighted by Gasteiger charge is -2.11. The summed E-state index contributed by atoms with van der Waals surface area (Å²) in [6.45, 7) is 1.56. The molecule has 2 heterocycles. The second-order valence-corrected chi connectivity index (χ2v) is 5.68. The Morgan fingerprint density at radius 3 is 3.09 bits per heavy atom. The summed E-state index contributed by atoms with van der Waals surface area (Å²) in [4.78, 5) is 0. The maximum atomic E-state index is 5.52. The van der Waals surface area contributed by atoms with Gasteiger partial charge in [0.2, 0.25) is 0 Å². The van der Waals surface area contributed by atoms with E-state index in [4.69, 9.17) is 17.0 Å². The van der Waals surface area contributed by atoms with Crippen LogP contribution in [0.3, 0.4) is 0 Å². The van der Waals surface area contributed by atoms with E-state index in [1.807, 2.05) is 36.5 Å². The Labute approximate surface area is 140 Å². The van der Waals surface area contributed by atoms with E-state index in [1.165, 1.54) is 0 Å². The number of nitrogens with one attached hydrogen (secondary N) is 2. The molecule has 1 saturated heterocycles. The zero-order valence-corrected chi connectivity index (χ0v) is 13.5. The smallest absolute Gasteiger partial charge is 0.187 e. The molecule has 0 spiro atoms. The minimum atomic E-state index is 0.253. The highest BCUT2D eigenvalue weighted by molar-refractivity contribution is 7.80. The first-order chi connectivity index (χ1) is 11.3. The molecular weight excluding hydrogens is 310 g/mol. The van der Waals surface area contributed by atoms with Gasteiger partial charge in [0.1, 0.15) is 0 Å². The van der Waals surface area contributed by atoms with Crippen molar-refractivity contribution in [3.63, 3.8) is 0 Å². The number of para-hydroxylation sites is 1. The molecule has 1 aliphatic heterocycles. The van der Waals surface area contributed by atoms with Crippen LogP contribution in [0.4, 0.5) is 0 Å². The molecule has 1 atom stereocenters. The van der Waals surface area contributed by atoms with Gasteiger partial charge in [-0.2, -0.15) is 10.2 Å². The van der Waals surface area contributed by atoms with Crippen molar-refractivity contribution in [3.05, 3.63) is 48.3 Å². The molecule has 1 aliphatic rings. The highest BCUT2D eigenvalue weighted by Crippen LogP contribution is 2.10. The van der Waals surface area contributed by atoms with Gasteiger partial charge in [-0.3, -0.25) is 5.43 Å². The molecule has 1 aromatic heterocycles. The number of thiocarbonyl (C=S) groups is 1. The molecule has 1 aromatic carbocycles. The van der Waals surface area contributed by atoms with Crippen LogP contribution in [0, 0.1) is 0 Å². The molecule has 0 aliphatic carbocycles.